The predicted molar refractivity (Wildman–Crippen MR) is 87.8 cm³/mol. The Kier molecular flexibility index (Phi) is 5.00. The largest absolute Gasteiger partial charge is 0.385 e. The third kappa shape index (κ3) is 3.27. The van der Waals surface area contributed by atoms with Gasteiger partial charge in [-0.15, -0.1) is 0 Å². The molecule has 0 N–H and O–H groups in total. The molecule has 3 nitrogen and oxygen atoms in total. The summed E-state index contributed by atoms with van der Waals surface area (Å²) in [5.74, 6) is -0.101. The monoisotopic (exact) mass is 319 g/mol. The van der Waals surface area contributed by atoms with Gasteiger partial charge in [-0.25, -0.2) is 4.39 Å². The Morgan fingerprint density at radius 1 is 1.35 bits per heavy atom. The van der Waals surface area contributed by atoms with Crippen molar-refractivity contribution in [3.8, 4) is 0 Å². The lowest BCUT2D eigenvalue weighted by molar-refractivity contribution is -0.138. The zero-order valence-electron chi connectivity index (χ0n) is 13.9. The number of rotatable bonds is 6. The number of hydrogen-bond acceptors (Lipinski definition) is 2. The zero-order valence-corrected chi connectivity index (χ0v) is 13.9. The summed E-state index contributed by atoms with van der Waals surface area (Å²) in [7, 11) is 1.71. The fourth-order valence-electron chi connectivity index (χ4n) is 3.88. The predicted octanol–water partition coefficient (Wildman–Crippen LogP) is 3.67. The van der Waals surface area contributed by atoms with Crippen LogP contribution in [0.2, 0.25) is 0 Å². The highest BCUT2D eigenvalue weighted by atomic mass is 19.1. The number of carbonyl (C=O) groups is 1. The number of methoxy groups -OCH3 is 1. The van der Waals surface area contributed by atoms with Crippen LogP contribution in [-0.4, -0.2) is 37.1 Å². The topological polar surface area (TPSA) is 29.5 Å². The van der Waals surface area contributed by atoms with Crippen molar-refractivity contribution in [1.82, 2.24) is 4.90 Å². The second-order valence-electron chi connectivity index (χ2n) is 6.85. The molecule has 1 aromatic rings. The molecule has 0 bridgehead atoms. The lowest BCUT2D eigenvalue weighted by Gasteiger charge is -2.38. The van der Waals surface area contributed by atoms with E-state index in [-0.39, 0.29) is 17.8 Å². The number of nitrogens with zero attached hydrogens (tertiary/aromatic N) is 1. The number of halogens is 1. The number of carbonyl (C=O) groups excluding carboxylic acids is 1. The molecule has 2 fully saturated rings. The number of benzene rings is 1. The fourth-order valence-corrected chi connectivity index (χ4v) is 3.88. The first-order valence-corrected chi connectivity index (χ1v) is 8.74. The first kappa shape index (κ1) is 16.4. The van der Waals surface area contributed by atoms with Crippen molar-refractivity contribution in [2.24, 2.45) is 0 Å². The Morgan fingerprint density at radius 3 is 2.83 bits per heavy atom. The van der Waals surface area contributed by atoms with Crippen molar-refractivity contribution in [2.45, 2.75) is 56.4 Å². The minimum absolute atomic E-state index is 0.143. The number of piperidine rings is 1. The molecule has 1 heterocycles. The van der Waals surface area contributed by atoms with Crippen molar-refractivity contribution < 1.29 is 13.9 Å². The van der Waals surface area contributed by atoms with Gasteiger partial charge in [-0.05, 0) is 51.0 Å². The molecule has 2 aliphatic rings. The number of hydrogen-bond donors (Lipinski definition) is 0. The van der Waals surface area contributed by atoms with Gasteiger partial charge in [0.2, 0.25) is 5.91 Å². The van der Waals surface area contributed by atoms with Gasteiger partial charge in [0.15, 0.2) is 0 Å². The van der Waals surface area contributed by atoms with Crippen molar-refractivity contribution in [3.63, 3.8) is 0 Å². The van der Waals surface area contributed by atoms with Gasteiger partial charge < -0.3 is 9.64 Å². The molecular formula is C19H26FNO2. The lowest BCUT2D eigenvalue weighted by atomic mass is 9.90. The molecule has 3 rings (SSSR count). The highest BCUT2D eigenvalue weighted by molar-refractivity contribution is 5.91. The summed E-state index contributed by atoms with van der Waals surface area (Å²) >= 11 is 0. The third-order valence-corrected chi connectivity index (χ3v) is 5.32. The average Bonchev–Trinajstić information content (AvgIpc) is 3.37. The maximum atomic E-state index is 14.2. The van der Waals surface area contributed by atoms with Gasteiger partial charge in [0, 0.05) is 31.9 Å². The Labute approximate surface area is 137 Å². The number of amides is 1. The molecule has 1 unspecified atom stereocenters. The summed E-state index contributed by atoms with van der Waals surface area (Å²) in [6.07, 6.45) is 6.78. The van der Waals surface area contributed by atoms with Gasteiger partial charge in [0.05, 0.1) is 5.41 Å². The first-order chi connectivity index (χ1) is 11.2. The maximum absolute atomic E-state index is 14.2. The van der Waals surface area contributed by atoms with E-state index in [0.717, 1.165) is 51.7 Å². The van der Waals surface area contributed by atoms with Gasteiger partial charge in [-0.1, -0.05) is 18.2 Å². The zero-order chi connectivity index (χ0) is 16.3. The van der Waals surface area contributed by atoms with Crippen molar-refractivity contribution in [1.29, 1.82) is 0 Å². The average molecular weight is 319 g/mol. The van der Waals surface area contributed by atoms with Crippen LogP contribution >= 0.6 is 0 Å². The Morgan fingerprint density at radius 2 is 2.13 bits per heavy atom. The lowest BCUT2D eigenvalue weighted by Crippen LogP contribution is -2.48. The molecule has 1 saturated carbocycles. The minimum Gasteiger partial charge on any atom is -0.385 e. The van der Waals surface area contributed by atoms with Crippen LogP contribution in [0.25, 0.3) is 0 Å². The fraction of sp³-hybridized carbons (Fsp3) is 0.632. The van der Waals surface area contributed by atoms with Crippen LogP contribution in [0, 0.1) is 5.82 Å². The van der Waals surface area contributed by atoms with E-state index in [9.17, 15) is 9.18 Å². The van der Waals surface area contributed by atoms with Gasteiger partial charge >= 0.3 is 0 Å². The quantitative estimate of drug-likeness (QED) is 0.749. The molecule has 23 heavy (non-hydrogen) atoms. The molecule has 4 heteroatoms. The van der Waals surface area contributed by atoms with Crippen molar-refractivity contribution >= 4 is 5.91 Å². The van der Waals surface area contributed by atoms with E-state index >= 15 is 0 Å². The standard InChI is InChI=1S/C19H26FNO2/c1-23-14-6-8-15-7-4-5-13-21(15)18(22)19(11-12-19)16-9-2-3-10-17(16)20/h2-3,9-10,15H,4-8,11-14H2,1H3. The molecule has 1 saturated heterocycles. The van der Waals surface area contributed by atoms with E-state index in [4.69, 9.17) is 4.74 Å². The van der Waals surface area contributed by atoms with Gasteiger partial charge in [0.1, 0.15) is 5.82 Å². The smallest absolute Gasteiger partial charge is 0.233 e. The Bertz CT molecular complexity index is 556. The van der Waals surface area contributed by atoms with Crippen LogP contribution in [0.1, 0.15) is 50.5 Å². The minimum atomic E-state index is -0.595. The first-order valence-electron chi connectivity index (χ1n) is 8.74. The van der Waals surface area contributed by atoms with Gasteiger partial charge in [-0.3, -0.25) is 4.79 Å². The van der Waals surface area contributed by atoms with E-state index in [1.54, 1.807) is 19.2 Å². The summed E-state index contributed by atoms with van der Waals surface area (Å²) in [5, 5.41) is 0. The molecule has 1 atom stereocenters. The number of ether oxygens (including phenoxy) is 1. The Balaban J connectivity index is 1.76. The van der Waals surface area contributed by atoms with Crippen LogP contribution in [0.3, 0.4) is 0 Å². The van der Waals surface area contributed by atoms with E-state index in [0.29, 0.717) is 5.56 Å². The molecule has 0 radical (unpaired) electrons. The molecule has 0 spiro atoms. The highest BCUT2D eigenvalue weighted by Crippen LogP contribution is 2.51. The van der Waals surface area contributed by atoms with Crippen LogP contribution in [-0.2, 0) is 14.9 Å². The summed E-state index contributed by atoms with van der Waals surface area (Å²) in [6.45, 7) is 1.55. The second kappa shape index (κ2) is 7.00. The molecule has 1 amide bonds. The number of likely N-dealkylation sites (tertiary alicyclic amines) is 1. The molecule has 0 aromatic heterocycles. The third-order valence-electron chi connectivity index (χ3n) is 5.32. The SMILES string of the molecule is COCCCC1CCCCN1C(=O)C1(c2ccccc2F)CC1. The highest BCUT2D eigenvalue weighted by Gasteiger charge is 2.55. The Hall–Kier alpha value is -1.42. The van der Waals surface area contributed by atoms with Crippen LogP contribution < -0.4 is 0 Å². The molecular weight excluding hydrogens is 293 g/mol. The van der Waals surface area contributed by atoms with E-state index in [2.05, 4.69) is 0 Å². The van der Waals surface area contributed by atoms with Crippen molar-refractivity contribution in [2.75, 3.05) is 20.3 Å². The summed E-state index contributed by atoms with van der Waals surface area (Å²) in [4.78, 5) is 15.2. The van der Waals surface area contributed by atoms with E-state index in [1.807, 2.05) is 11.0 Å². The molecule has 1 aliphatic carbocycles. The summed E-state index contributed by atoms with van der Waals surface area (Å²) in [6, 6.07) is 7.06. The van der Waals surface area contributed by atoms with E-state index in [1.165, 1.54) is 12.5 Å². The van der Waals surface area contributed by atoms with Gasteiger partial charge in [0.25, 0.3) is 0 Å². The van der Waals surface area contributed by atoms with Crippen LogP contribution in [0.15, 0.2) is 24.3 Å². The second-order valence-corrected chi connectivity index (χ2v) is 6.85. The van der Waals surface area contributed by atoms with E-state index < -0.39 is 5.41 Å². The molecule has 126 valence electrons. The van der Waals surface area contributed by atoms with Crippen LogP contribution in [0.4, 0.5) is 4.39 Å². The summed E-state index contributed by atoms with van der Waals surface area (Å²) < 4.78 is 19.4. The van der Waals surface area contributed by atoms with Crippen LogP contribution in [0.5, 0.6) is 0 Å². The maximum Gasteiger partial charge on any atom is 0.233 e. The van der Waals surface area contributed by atoms with Gasteiger partial charge in [-0.2, -0.15) is 0 Å². The molecule has 1 aromatic carbocycles. The van der Waals surface area contributed by atoms with Crippen molar-refractivity contribution in [3.05, 3.63) is 35.6 Å². The summed E-state index contributed by atoms with van der Waals surface area (Å²) in [5.41, 5.74) is -0.00596. The normalized spacial score (nSPS) is 22.9. The molecule has 1 aliphatic heterocycles.